The van der Waals surface area contributed by atoms with Crippen LogP contribution in [-0.2, 0) is 16.1 Å². The number of imidazole rings is 1. The number of para-hydroxylation sites is 1. The Labute approximate surface area is 156 Å². The zero-order valence-corrected chi connectivity index (χ0v) is 15.6. The molecule has 0 saturated heterocycles. The number of aromatic nitrogens is 4. The quantitative estimate of drug-likeness (QED) is 0.720. The third-order valence-electron chi connectivity index (χ3n) is 5.07. The van der Waals surface area contributed by atoms with Gasteiger partial charge in [-0.1, -0.05) is 19.1 Å². The number of ether oxygens (including phenoxy) is 1. The lowest BCUT2D eigenvalue weighted by Crippen LogP contribution is -2.30. The molecule has 3 atom stereocenters. The number of carbonyl (C=O) groups is 1. The highest BCUT2D eigenvalue weighted by atomic mass is 16.5. The number of aryl methyl sites for hydroxylation is 1. The van der Waals surface area contributed by atoms with Crippen LogP contribution in [0.25, 0.3) is 10.9 Å². The largest absolute Gasteiger partial charge is 0.454 e. The SMILES string of the molecule is Cc1cn2c(n1)[C@@H](C)C[C@@H](C(=O)OC(C)c1nc3ccccc3c(=O)[nH]1)C2. The van der Waals surface area contributed by atoms with Gasteiger partial charge in [0.2, 0.25) is 0 Å². The van der Waals surface area contributed by atoms with E-state index in [-0.39, 0.29) is 23.4 Å². The van der Waals surface area contributed by atoms with E-state index in [1.165, 1.54) is 0 Å². The molecule has 27 heavy (non-hydrogen) atoms. The highest BCUT2D eigenvalue weighted by Crippen LogP contribution is 2.31. The second kappa shape index (κ2) is 6.64. The minimum Gasteiger partial charge on any atom is -0.454 e. The summed E-state index contributed by atoms with van der Waals surface area (Å²) in [5.41, 5.74) is 1.31. The van der Waals surface area contributed by atoms with Crippen molar-refractivity contribution >= 4 is 16.9 Å². The maximum Gasteiger partial charge on any atom is 0.311 e. The zero-order valence-electron chi connectivity index (χ0n) is 15.6. The van der Waals surface area contributed by atoms with Crippen LogP contribution in [0.3, 0.4) is 0 Å². The smallest absolute Gasteiger partial charge is 0.311 e. The molecular weight excluding hydrogens is 344 g/mol. The van der Waals surface area contributed by atoms with Crippen molar-refractivity contribution in [3.05, 3.63) is 58.2 Å². The predicted octanol–water partition coefficient (Wildman–Crippen LogP) is 2.86. The van der Waals surface area contributed by atoms with E-state index in [2.05, 4.69) is 21.9 Å². The fraction of sp³-hybridized carbons (Fsp3) is 0.400. The number of aromatic amines is 1. The number of H-pyrrole nitrogens is 1. The first-order valence-corrected chi connectivity index (χ1v) is 9.15. The van der Waals surface area contributed by atoms with Gasteiger partial charge >= 0.3 is 5.97 Å². The van der Waals surface area contributed by atoms with Crippen molar-refractivity contribution in [3.8, 4) is 0 Å². The first-order valence-electron chi connectivity index (χ1n) is 9.15. The molecule has 3 heterocycles. The van der Waals surface area contributed by atoms with Crippen LogP contribution in [0.5, 0.6) is 0 Å². The third kappa shape index (κ3) is 3.25. The predicted molar refractivity (Wildman–Crippen MR) is 100 cm³/mol. The number of nitrogens with zero attached hydrogens (tertiary/aromatic N) is 3. The summed E-state index contributed by atoms with van der Waals surface area (Å²) in [6.45, 7) is 6.32. The van der Waals surface area contributed by atoms with Crippen LogP contribution in [0.1, 0.15) is 49.6 Å². The van der Waals surface area contributed by atoms with Crippen molar-refractivity contribution in [2.75, 3.05) is 0 Å². The molecule has 0 amide bonds. The van der Waals surface area contributed by atoms with Crippen molar-refractivity contribution in [1.29, 1.82) is 0 Å². The summed E-state index contributed by atoms with van der Waals surface area (Å²) in [5, 5.41) is 0.517. The van der Waals surface area contributed by atoms with Crippen molar-refractivity contribution in [2.45, 2.75) is 45.8 Å². The van der Waals surface area contributed by atoms with Crippen molar-refractivity contribution in [3.63, 3.8) is 0 Å². The monoisotopic (exact) mass is 366 g/mol. The van der Waals surface area contributed by atoms with E-state index in [4.69, 9.17) is 4.74 Å². The summed E-state index contributed by atoms with van der Waals surface area (Å²) in [6, 6.07) is 7.10. The van der Waals surface area contributed by atoms with Gasteiger partial charge in [-0.05, 0) is 32.4 Å². The first-order chi connectivity index (χ1) is 12.9. The topological polar surface area (TPSA) is 89.9 Å². The number of hydrogen-bond donors (Lipinski definition) is 1. The molecule has 1 unspecified atom stereocenters. The van der Waals surface area contributed by atoms with Gasteiger partial charge in [-0.2, -0.15) is 0 Å². The number of hydrogen-bond acceptors (Lipinski definition) is 5. The lowest BCUT2D eigenvalue weighted by molar-refractivity contribution is -0.155. The summed E-state index contributed by atoms with van der Waals surface area (Å²) >= 11 is 0. The number of fused-ring (bicyclic) bond motifs is 2. The fourth-order valence-electron chi connectivity index (χ4n) is 3.74. The molecular formula is C20H22N4O3. The maximum absolute atomic E-state index is 12.7. The molecule has 0 fully saturated rings. The Morgan fingerprint density at radius 3 is 2.93 bits per heavy atom. The van der Waals surface area contributed by atoms with E-state index >= 15 is 0 Å². The van der Waals surface area contributed by atoms with E-state index in [0.29, 0.717) is 29.7 Å². The van der Waals surface area contributed by atoms with Crippen LogP contribution < -0.4 is 5.56 Å². The van der Waals surface area contributed by atoms with Gasteiger partial charge in [-0.15, -0.1) is 0 Å². The summed E-state index contributed by atoms with van der Waals surface area (Å²) in [7, 11) is 0. The van der Waals surface area contributed by atoms with E-state index in [1.807, 2.05) is 23.8 Å². The molecule has 4 rings (SSSR count). The molecule has 7 nitrogen and oxygen atoms in total. The fourth-order valence-corrected chi connectivity index (χ4v) is 3.74. The van der Waals surface area contributed by atoms with Crippen LogP contribution in [0.4, 0.5) is 0 Å². The average molecular weight is 366 g/mol. The minimum absolute atomic E-state index is 0.193. The molecule has 1 N–H and O–H groups in total. The highest BCUT2D eigenvalue weighted by Gasteiger charge is 2.32. The Bertz CT molecular complexity index is 1070. The van der Waals surface area contributed by atoms with E-state index < -0.39 is 6.10 Å². The molecule has 0 radical (unpaired) electrons. The summed E-state index contributed by atoms with van der Waals surface area (Å²) in [6.07, 6.45) is 2.04. The molecule has 1 aromatic carbocycles. The van der Waals surface area contributed by atoms with Crippen LogP contribution in [0.2, 0.25) is 0 Å². The Morgan fingerprint density at radius 2 is 2.11 bits per heavy atom. The minimum atomic E-state index is -0.629. The van der Waals surface area contributed by atoms with Gasteiger partial charge in [0, 0.05) is 18.7 Å². The van der Waals surface area contributed by atoms with E-state index in [1.54, 1.807) is 25.1 Å². The number of benzene rings is 1. The lowest BCUT2D eigenvalue weighted by Gasteiger charge is -2.27. The van der Waals surface area contributed by atoms with Gasteiger partial charge in [0.15, 0.2) is 11.9 Å². The van der Waals surface area contributed by atoms with Crippen LogP contribution in [0, 0.1) is 12.8 Å². The molecule has 0 spiro atoms. The Morgan fingerprint density at radius 1 is 1.33 bits per heavy atom. The number of esters is 1. The molecule has 140 valence electrons. The summed E-state index contributed by atoms with van der Waals surface area (Å²) in [5.74, 6) is 1.05. The van der Waals surface area contributed by atoms with Gasteiger partial charge in [0.05, 0.1) is 22.5 Å². The second-order valence-corrected chi connectivity index (χ2v) is 7.27. The highest BCUT2D eigenvalue weighted by molar-refractivity contribution is 5.77. The molecule has 0 aliphatic carbocycles. The Kier molecular flexibility index (Phi) is 4.30. The molecule has 0 bridgehead atoms. The van der Waals surface area contributed by atoms with Crippen LogP contribution >= 0.6 is 0 Å². The first kappa shape index (κ1) is 17.5. The van der Waals surface area contributed by atoms with Crippen molar-refractivity contribution in [1.82, 2.24) is 19.5 Å². The second-order valence-electron chi connectivity index (χ2n) is 7.27. The van der Waals surface area contributed by atoms with Crippen LogP contribution in [-0.4, -0.2) is 25.5 Å². The molecule has 3 aromatic rings. The van der Waals surface area contributed by atoms with E-state index in [9.17, 15) is 9.59 Å². The normalized spacial score (nSPS) is 20.3. The number of rotatable bonds is 3. The van der Waals surface area contributed by atoms with Gasteiger partial charge < -0.3 is 14.3 Å². The molecule has 2 aromatic heterocycles. The summed E-state index contributed by atoms with van der Waals surface area (Å²) in [4.78, 5) is 36.6. The van der Waals surface area contributed by atoms with Gasteiger partial charge in [-0.25, -0.2) is 9.97 Å². The third-order valence-corrected chi connectivity index (χ3v) is 5.07. The Balaban J connectivity index is 1.52. The summed E-state index contributed by atoms with van der Waals surface area (Å²) < 4.78 is 7.68. The van der Waals surface area contributed by atoms with Gasteiger partial charge in [0.25, 0.3) is 5.56 Å². The average Bonchev–Trinajstić information content (AvgIpc) is 3.02. The van der Waals surface area contributed by atoms with Gasteiger partial charge in [-0.3, -0.25) is 9.59 Å². The number of carbonyl (C=O) groups excluding carboxylic acids is 1. The molecule has 7 heteroatoms. The molecule has 1 aliphatic rings. The standard InChI is InChI=1S/C20H22N4O3/c1-11-8-14(10-24-9-12(2)21-18(11)24)20(26)27-13(3)17-22-16-7-5-4-6-15(16)19(25)23-17/h4-7,9,11,13-14H,8,10H2,1-3H3,(H,22,23,25)/t11-,13?,14+/m0/s1. The van der Waals surface area contributed by atoms with Gasteiger partial charge in [0.1, 0.15) is 5.82 Å². The lowest BCUT2D eigenvalue weighted by atomic mass is 9.91. The van der Waals surface area contributed by atoms with Crippen LogP contribution in [0.15, 0.2) is 35.3 Å². The maximum atomic E-state index is 12.7. The van der Waals surface area contributed by atoms with Crippen molar-refractivity contribution in [2.24, 2.45) is 5.92 Å². The molecule has 0 saturated carbocycles. The number of nitrogens with one attached hydrogen (secondary N) is 1. The van der Waals surface area contributed by atoms with Crippen molar-refractivity contribution < 1.29 is 9.53 Å². The Hall–Kier alpha value is -2.96. The molecule has 1 aliphatic heterocycles. The van der Waals surface area contributed by atoms with E-state index in [0.717, 1.165) is 11.5 Å². The zero-order chi connectivity index (χ0) is 19.1.